The SMILES string of the molecule is CCc1cc(NC(=O)c2ccc3c(c2)NC(=O)C3)n[nH]1. The summed E-state index contributed by atoms with van der Waals surface area (Å²) in [4.78, 5) is 23.4. The van der Waals surface area contributed by atoms with E-state index in [9.17, 15) is 9.59 Å². The van der Waals surface area contributed by atoms with Gasteiger partial charge in [0.15, 0.2) is 5.82 Å². The molecule has 20 heavy (non-hydrogen) atoms. The molecule has 0 saturated carbocycles. The lowest BCUT2D eigenvalue weighted by atomic mass is 10.1. The van der Waals surface area contributed by atoms with Crippen molar-refractivity contribution in [3.63, 3.8) is 0 Å². The number of aromatic nitrogens is 2. The largest absolute Gasteiger partial charge is 0.326 e. The van der Waals surface area contributed by atoms with E-state index in [1.165, 1.54) is 0 Å². The van der Waals surface area contributed by atoms with Crippen molar-refractivity contribution >= 4 is 23.3 Å². The molecular weight excluding hydrogens is 256 g/mol. The summed E-state index contributed by atoms with van der Waals surface area (Å²) in [6, 6.07) is 6.99. The van der Waals surface area contributed by atoms with Gasteiger partial charge in [-0.15, -0.1) is 0 Å². The third kappa shape index (κ3) is 2.27. The van der Waals surface area contributed by atoms with Gasteiger partial charge in [-0.25, -0.2) is 0 Å². The highest BCUT2D eigenvalue weighted by Gasteiger charge is 2.19. The molecule has 0 bridgehead atoms. The topological polar surface area (TPSA) is 86.9 Å². The van der Waals surface area contributed by atoms with E-state index in [0.29, 0.717) is 23.5 Å². The zero-order valence-electron chi connectivity index (χ0n) is 11.0. The standard InChI is InChI=1S/C14H14N4O2/c1-2-10-7-12(18-17-10)16-14(20)9-4-3-8-6-13(19)15-11(8)5-9/h3-5,7H,2,6H2,1H3,(H,15,19)(H2,16,17,18,20). The van der Waals surface area contributed by atoms with E-state index in [1.54, 1.807) is 24.3 Å². The zero-order chi connectivity index (χ0) is 14.1. The second-order valence-corrected chi connectivity index (χ2v) is 4.68. The predicted octanol–water partition coefficient (Wildman–Crippen LogP) is 1.72. The van der Waals surface area contributed by atoms with Gasteiger partial charge in [-0.05, 0) is 24.1 Å². The second kappa shape index (κ2) is 4.80. The maximum atomic E-state index is 12.1. The zero-order valence-corrected chi connectivity index (χ0v) is 11.0. The number of rotatable bonds is 3. The van der Waals surface area contributed by atoms with Crippen molar-refractivity contribution in [2.24, 2.45) is 0 Å². The monoisotopic (exact) mass is 270 g/mol. The maximum absolute atomic E-state index is 12.1. The molecule has 6 nitrogen and oxygen atoms in total. The van der Waals surface area contributed by atoms with E-state index in [4.69, 9.17) is 0 Å². The first-order valence-corrected chi connectivity index (χ1v) is 6.44. The average molecular weight is 270 g/mol. The lowest BCUT2D eigenvalue weighted by Gasteiger charge is -2.04. The van der Waals surface area contributed by atoms with Crippen LogP contribution in [0.4, 0.5) is 11.5 Å². The first kappa shape index (κ1) is 12.4. The predicted molar refractivity (Wildman–Crippen MR) is 74.7 cm³/mol. The number of benzene rings is 1. The summed E-state index contributed by atoms with van der Waals surface area (Å²) in [5, 5.41) is 12.3. The van der Waals surface area contributed by atoms with Crippen LogP contribution in [0.15, 0.2) is 24.3 Å². The molecule has 0 radical (unpaired) electrons. The molecule has 2 heterocycles. The molecule has 2 aromatic rings. The summed E-state index contributed by atoms with van der Waals surface area (Å²) < 4.78 is 0. The van der Waals surface area contributed by atoms with E-state index >= 15 is 0 Å². The molecular formula is C14H14N4O2. The van der Waals surface area contributed by atoms with Crippen LogP contribution >= 0.6 is 0 Å². The van der Waals surface area contributed by atoms with Crippen LogP contribution in [0, 0.1) is 0 Å². The van der Waals surface area contributed by atoms with Gasteiger partial charge >= 0.3 is 0 Å². The van der Waals surface area contributed by atoms with Crippen molar-refractivity contribution in [3.8, 4) is 0 Å². The Morgan fingerprint density at radius 3 is 3.00 bits per heavy atom. The number of hydrogen-bond donors (Lipinski definition) is 3. The number of anilines is 2. The fourth-order valence-electron chi connectivity index (χ4n) is 2.15. The molecule has 102 valence electrons. The number of aryl methyl sites for hydroxylation is 1. The van der Waals surface area contributed by atoms with Crippen LogP contribution in [-0.4, -0.2) is 22.0 Å². The molecule has 0 aliphatic carbocycles. The van der Waals surface area contributed by atoms with Gasteiger partial charge in [0.25, 0.3) is 5.91 Å². The number of carbonyl (C=O) groups is 2. The van der Waals surface area contributed by atoms with Gasteiger partial charge in [0.05, 0.1) is 6.42 Å². The molecule has 0 spiro atoms. The quantitative estimate of drug-likeness (QED) is 0.793. The smallest absolute Gasteiger partial charge is 0.256 e. The van der Waals surface area contributed by atoms with E-state index in [1.807, 2.05) is 6.92 Å². The highest BCUT2D eigenvalue weighted by Crippen LogP contribution is 2.24. The van der Waals surface area contributed by atoms with E-state index in [0.717, 1.165) is 17.7 Å². The molecule has 1 aliphatic heterocycles. The minimum absolute atomic E-state index is 0.0440. The molecule has 3 rings (SSSR count). The maximum Gasteiger partial charge on any atom is 0.256 e. The van der Waals surface area contributed by atoms with Crippen molar-refractivity contribution < 1.29 is 9.59 Å². The molecule has 1 aliphatic rings. The fraction of sp³-hybridized carbons (Fsp3) is 0.214. The number of amides is 2. The normalized spacial score (nSPS) is 12.9. The first-order chi connectivity index (χ1) is 9.65. The van der Waals surface area contributed by atoms with Gasteiger partial charge in [-0.1, -0.05) is 13.0 Å². The van der Waals surface area contributed by atoms with Crippen molar-refractivity contribution in [2.75, 3.05) is 10.6 Å². The lowest BCUT2D eigenvalue weighted by Crippen LogP contribution is -2.12. The third-order valence-electron chi connectivity index (χ3n) is 3.25. The Hall–Kier alpha value is -2.63. The molecule has 2 amide bonds. The average Bonchev–Trinajstić information content (AvgIpc) is 3.02. The Labute approximate surface area is 115 Å². The Bertz CT molecular complexity index is 690. The number of H-pyrrole nitrogens is 1. The highest BCUT2D eigenvalue weighted by molar-refractivity contribution is 6.06. The van der Waals surface area contributed by atoms with Gasteiger partial charge < -0.3 is 10.6 Å². The van der Waals surface area contributed by atoms with E-state index in [-0.39, 0.29) is 11.8 Å². The van der Waals surface area contributed by atoms with Gasteiger partial charge in [0.1, 0.15) is 0 Å². The fourth-order valence-corrected chi connectivity index (χ4v) is 2.15. The summed E-state index contributed by atoms with van der Waals surface area (Å²) in [7, 11) is 0. The number of nitrogens with one attached hydrogen (secondary N) is 3. The van der Waals surface area contributed by atoms with Crippen LogP contribution in [0.3, 0.4) is 0 Å². The second-order valence-electron chi connectivity index (χ2n) is 4.68. The van der Waals surface area contributed by atoms with Crippen molar-refractivity contribution in [1.29, 1.82) is 0 Å². The number of hydrogen-bond acceptors (Lipinski definition) is 3. The van der Waals surface area contributed by atoms with Gasteiger partial charge in [0.2, 0.25) is 5.91 Å². The van der Waals surface area contributed by atoms with Gasteiger partial charge in [-0.3, -0.25) is 14.7 Å². The molecule has 1 aromatic heterocycles. The van der Waals surface area contributed by atoms with Gasteiger partial charge in [-0.2, -0.15) is 5.10 Å². The lowest BCUT2D eigenvalue weighted by molar-refractivity contribution is -0.115. The minimum atomic E-state index is -0.247. The first-order valence-electron chi connectivity index (χ1n) is 6.44. The van der Waals surface area contributed by atoms with Crippen LogP contribution in [0.5, 0.6) is 0 Å². The molecule has 6 heteroatoms. The Morgan fingerprint density at radius 1 is 1.40 bits per heavy atom. The van der Waals surface area contributed by atoms with Crippen LogP contribution in [0.2, 0.25) is 0 Å². The van der Waals surface area contributed by atoms with Crippen LogP contribution in [0.1, 0.15) is 28.5 Å². The van der Waals surface area contributed by atoms with E-state index < -0.39 is 0 Å². The summed E-state index contributed by atoms with van der Waals surface area (Å²) in [6.45, 7) is 2.00. The van der Waals surface area contributed by atoms with Crippen molar-refractivity contribution in [3.05, 3.63) is 41.1 Å². The van der Waals surface area contributed by atoms with E-state index in [2.05, 4.69) is 20.8 Å². The highest BCUT2D eigenvalue weighted by atomic mass is 16.2. The number of aromatic amines is 1. The summed E-state index contributed by atoms with van der Waals surface area (Å²) in [5.41, 5.74) is 3.08. The van der Waals surface area contributed by atoms with Crippen molar-refractivity contribution in [1.82, 2.24) is 10.2 Å². The molecule has 1 aromatic carbocycles. The summed E-state index contributed by atoms with van der Waals surface area (Å²) in [5.74, 6) is 0.205. The molecule has 0 unspecified atom stereocenters. The molecule has 3 N–H and O–H groups in total. The minimum Gasteiger partial charge on any atom is -0.326 e. The van der Waals surface area contributed by atoms with Crippen LogP contribution < -0.4 is 10.6 Å². The summed E-state index contributed by atoms with van der Waals surface area (Å²) >= 11 is 0. The summed E-state index contributed by atoms with van der Waals surface area (Å²) in [6.07, 6.45) is 1.20. The van der Waals surface area contributed by atoms with Gasteiger partial charge in [0, 0.05) is 23.0 Å². The molecule has 0 atom stereocenters. The number of nitrogens with zero attached hydrogens (tertiary/aromatic N) is 1. The number of fused-ring (bicyclic) bond motifs is 1. The van der Waals surface area contributed by atoms with Crippen LogP contribution in [-0.2, 0) is 17.6 Å². The Balaban J connectivity index is 1.77. The Morgan fingerprint density at radius 2 is 2.25 bits per heavy atom. The number of carbonyl (C=O) groups excluding carboxylic acids is 2. The molecule has 0 saturated heterocycles. The Kier molecular flexibility index (Phi) is 2.98. The molecule has 0 fully saturated rings. The third-order valence-corrected chi connectivity index (χ3v) is 3.25. The van der Waals surface area contributed by atoms with Crippen LogP contribution in [0.25, 0.3) is 0 Å². The van der Waals surface area contributed by atoms with Crippen molar-refractivity contribution in [2.45, 2.75) is 19.8 Å².